The molecule has 2 rings (SSSR count). The Bertz CT molecular complexity index is 664. The van der Waals surface area contributed by atoms with Gasteiger partial charge in [-0.3, -0.25) is 9.69 Å². The Labute approximate surface area is 140 Å². The standard InChI is InChI=1S/C14H18Cl2N2O3S/c1-18(7-10-2-3-11(15)6-13(10)16)8-14(19)17-12-4-5-22(20,21)9-12/h2-3,6,12H,4-5,7-9H2,1H3,(H,17,19)/t12-/m0/s1. The van der Waals surface area contributed by atoms with Crippen LogP contribution in [0.5, 0.6) is 0 Å². The quantitative estimate of drug-likeness (QED) is 0.863. The normalized spacial score (nSPS) is 20.3. The zero-order chi connectivity index (χ0) is 16.3. The van der Waals surface area contributed by atoms with Crippen molar-refractivity contribution in [3.8, 4) is 0 Å². The highest BCUT2D eigenvalue weighted by Gasteiger charge is 2.28. The van der Waals surface area contributed by atoms with Gasteiger partial charge in [-0.25, -0.2) is 8.42 Å². The van der Waals surface area contributed by atoms with Crippen molar-refractivity contribution < 1.29 is 13.2 Å². The zero-order valence-corrected chi connectivity index (χ0v) is 14.5. The number of carbonyl (C=O) groups excluding carboxylic acids is 1. The van der Waals surface area contributed by atoms with Gasteiger partial charge >= 0.3 is 0 Å². The van der Waals surface area contributed by atoms with Crippen LogP contribution < -0.4 is 5.32 Å². The lowest BCUT2D eigenvalue weighted by atomic mass is 10.2. The van der Waals surface area contributed by atoms with Gasteiger partial charge in [0.25, 0.3) is 0 Å². The second-order valence-corrected chi connectivity index (χ2v) is 8.65. The van der Waals surface area contributed by atoms with E-state index in [4.69, 9.17) is 23.2 Å². The first-order chi connectivity index (χ1) is 10.2. The molecule has 0 aromatic heterocycles. The monoisotopic (exact) mass is 364 g/mol. The summed E-state index contributed by atoms with van der Waals surface area (Å²) in [6.45, 7) is 0.682. The van der Waals surface area contributed by atoms with E-state index in [0.29, 0.717) is 23.0 Å². The smallest absolute Gasteiger partial charge is 0.234 e. The fourth-order valence-electron chi connectivity index (χ4n) is 2.42. The van der Waals surface area contributed by atoms with Crippen molar-refractivity contribution in [3.63, 3.8) is 0 Å². The molecule has 1 N–H and O–H groups in total. The van der Waals surface area contributed by atoms with E-state index >= 15 is 0 Å². The summed E-state index contributed by atoms with van der Waals surface area (Å²) in [5, 5.41) is 3.88. The molecule has 122 valence electrons. The topological polar surface area (TPSA) is 66.5 Å². The Balaban J connectivity index is 1.84. The van der Waals surface area contributed by atoms with E-state index in [1.807, 2.05) is 11.0 Å². The molecule has 22 heavy (non-hydrogen) atoms. The fourth-order valence-corrected chi connectivity index (χ4v) is 4.57. The molecular formula is C14H18Cl2N2O3S. The first kappa shape index (κ1) is 17.5. The van der Waals surface area contributed by atoms with Crippen molar-refractivity contribution in [2.24, 2.45) is 0 Å². The summed E-state index contributed by atoms with van der Waals surface area (Å²) in [4.78, 5) is 13.8. The Kier molecular flexibility index (Phi) is 5.71. The second-order valence-electron chi connectivity index (χ2n) is 5.58. The average molecular weight is 365 g/mol. The van der Waals surface area contributed by atoms with E-state index in [-0.39, 0.29) is 30.0 Å². The first-order valence-corrected chi connectivity index (χ1v) is 9.45. The predicted molar refractivity (Wildman–Crippen MR) is 88.0 cm³/mol. The zero-order valence-electron chi connectivity index (χ0n) is 12.2. The van der Waals surface area contributed by atoms with Crippen molar-refractivity contribution >= 4 is 38.9 Å². The summed E-state index contributed by atoms with van der Waals surface area (Å²) in [7, 11) is -1.18. The molecule has 0 bridgehead atoms. The van der Waals surface area contributed by atoms with Crippen LogP contribution in [0.25, 0.3) is 0 Å². The van der Waals surface area contributed by atoms with Crippen molar-refractivity contribution in [1.29, 1.82) is 0 Å². The highest BCUT2D eigenvalue weighted by Crippen LogP contribution is 2.21. The number of benzene rings is 1. The summed E-state index contributed by atoms with van der Waals surface area (Å²) >= 11 is 11.9. The predicted octanol–water partition coefficient (Wildman–Crippen LogP) is 1.73. The number of carbonyl (C=O) groups is 1. The van der Waals surface area contributed by atoms with E-state index in [1.165, 1.54) is 0 Å². The minimum Gasteiger partial charge on any atom is -0.351 e. The summed E-state index contributed by atoms with van der Waals surface area (Å²) in [6.07, 6.45) is 0.487. The van der Waals surface area contributed by atoms with Gasteiger partial charge in [-0.1, -0.05) is 29.3 Å². The Morgan fingerprint density at radius 2 is 2.14 bits per heavy atom. The fraction of sp³-hybridized carbons (Fsp3) is 0.500. The minimum absolute atomic E-state index is 0.0332. The van der Waals surface area contributed by atoms with Gasteiger partial charge in [0.1, 0.15) is 0 Å². The molecule has 1 aliphatic rings. The maximum Gasteiger partial charge on any atom is 0.234 e. The molecular weight excluding hydrogens is 347 g/mol. The van der Waals surface area contributed by atoms with Gasteiger partial charge in [-0.05, 0) is 31.2 Å². The van der Waals surface area contributed by atoms with Gasteiger partial charge in [-0.15, -0.1) is 0 Å². The van der Waals surface area contributed by atoms with Crippen LogP contribution in [0.15, 0.2) is 18.2 Å². The van der Waals surface area contributed by atoms with Crippen molar-refractivity contribution in [2.45, 2.75) is 19.0 Å². The lowest BCUT2D eigenvalue weighted by Crippen LogP contribution is -2.41. The van der Waals surface area contributed by atoms with Crippen LogP contribution in [0.3, 0.4) is 0 Å². The summed E-state index contributed by atoms with van der Waals surface area (Å²) in [5.41, 5.74) is 0.879. The molecule has 1 aromatic rings. The van der Waals surface area contributed by atoms with Crippen LogP contribution in [0.2, 0.25) is 10.0 Å². The highest BCUT2D eigenvalue weighted by molar-refractivity contribution is 7.91. The largest absolute Gasteiger partial charge is 0.351 e. The lowest BCUT2D eigenvalue weighted by Gasteiger charge is -2.18. The Morgan fingerprint density at radius 3 is 2.73 bits per heavy atom. The van der Waals surface area contributed by atoms with Crippen LogP contribution in [-0.4, -0.2) is 50.4 Å². The van der Waals surface area contributed by atoms with Crippen LogP contribution >= 0.6 is 23.2 Å². The first-order valence-electron chi connectivity index (χ1n) is 6.87. The molecule has 1 aromatic carbocycles. The molecule has 1 heterocycles. The minimum atomic E-state index is -2.99. The van der Waals surface area contributed by atoms with E-state index in [9.17, 15) is 13.2 Å². The maximum absolute atomic E-state index is 11.9. The molecule has 1 aliphatic heterocycles. The molecule has 1 fully saturated rings. The number of nitrogens with one attached hydrogen (secondary N) is 1. The number of rotatable bonds is 5. The summed E-state index contributed by atoms with van der Waals surface area (Å²) < 4.78 is 22.7. The number of halogens is 2. The molecule has 1 saturated heterocycles. The number of hydrogen-bond acceptors (Lipinski definition) is 4. The Hall–Kier alpha value is -0.820. The summed E-state index contributed by atoms with van der Waals surface area (Å²) in [5.74, 6) is -0.00528. The third kappa shape index (κ3) is 5.12. The second kappa shape index (κ2) is 7.17. The third-order valence-electron chi connectivity index (χ3n) is 3.47. The average Bonchev–Trinajstić information content (AvgIpc) is 2.71. The number of likely N-dealkylation sites (N-methyl/N-ethyl adjacent to an activating group) is 1. The van der Waals surface area contributed by atoms with Gasteiger partial charge in [-0.2, -0.15) is 0 Å². The molecule has 1 amide bonds. The van der Waals surface area contributed by atoms with E-state index < -0.39 is 9.84 Å². The van der Waals surface area contributed by atoms with Crippen LogP contribution in [0.4, 0.5) is 0 Å². The molecule has 1 atom stereocenters. The van der Waals surface area contributed by atoms with Crippen molar-refractivity contribution in [3.05, 3.63) is 33.8 Å². The lowest BCUT2D eigenvalue weighted by molar-refractivity contribution is -0.122. The van der Waals surface area contributed by atoms with E-state index in [2.05, 4.69) is 5.32 Å². The van der Waals surface area contributed by atoms with Crippen molar-refractivity contribution in [1.82, 2.24) is 10.2 Å². The van der Waals surface area contributed by atoms with Gasteiger partial charge in [0, 0.05) is 22.6 Å². The molecule has 0 radical (unpaired) electrons. The van der Waals surface area contributed by atoms with Gasteiger partial charge in [0.15, 0.2) is 9.84 Å². The molecule has 0 unspecified atom stereocenters. The number of hydrogen-bond donors (Lipinski definition) is 1. The Morgan fingerprint density at radius 1 is 1.41 bits per heavy atom. The van der Waals surface area contributed by atoms with Crippen molar-refractivity contribution in [2.75, 3.05) is 25.1 Å². The van der Waals surface area contributed by atoms with Gasteiger partial charge in [0.05, 0.1) is 18.1 Å². The van der Waals surface area contributed by atoms with Crippen LogP contribution in [0, 0.1) is 0 Å². The van der Waals surface area contributed by atoms with Crippen LogP contribution in [0.1, 0.15) is 12.0 Å². The molecule has 0 saturated carbocycles. The van der Waals surface area contributed by atoms with Gasteiger partial charge in [0.2, 0.25) is 5.91 Å². The SMILES string of the molecule is CN(CC(=O)N[C@H]1CCS(=O)(=O)C1)Cc1ccc(Cl)cc1Cl. The van der Waals surface area contributed by atoms with Crippen LogP contribution in [-0.2, 0) is 21.2 Å². The number of sulfone groups is 1. The molecule has 0 aliphatic carbocycles. The maximum atomic E-state index is 11.9. The third-order valence-corrected chi connectivity index (χ3v) is 5.82. The molecule has 5 nitrogen and oxygen atoms in total. The van der Waals surface area contributed by atoms with E-state index in [0.717, 1.165) is 5.56 Å². The number of amides is 1. The van der Waals surface area contributed by atoms with Gasteiger partial charge < -0.3 is 5.32 Å². The van der Waals surface area contributed by atoms with E-state index in [1.54, 1.807) is 19.2 Å². The summed E-state index contributed by atoms with van der Waals surface area (Å²) in [6, 6.07) is 4.96. The molecule has 0 spiro atoms. The number of nitrogens with zero attached hydrogens (tertiary/aromatic N) is 1. The molecule has 8 heteroatoms. The highest BCUT2D eigenvalue weighted by atomic mass is 35.5.